The highest BCUT2D eigenvalue weighted by Gasteiger charge is 2.30. The quantitative estimate of drug-likeness (QED) is 0.0222. The lowest BCUT2D eigenvalue weighted by atomic mass is 9.99. The third-order valence-corrected chi connectivity index (χ3v) is 19.5. The molecule has 0 aromatic rings. The number of unbranched alkanes of at least 4 members (excludes halogenated alkanes) is 37. The fourth-order valence-electron chi connectivity index (χ4n) is 11.0. The highest BCUT2D eigenvalue weighted by molar-refractivity contribution is 7.47. The maximum atomic E-state index is 13.1. The van der Waals surface area contributed by atoms with E-state index in [0.29, 0.717) is 25.7 Å². The fourth-order valence-corrected chi connectivity index (χ4v) is 12.6. The van der Waals surface area contributed by atoms with Crippen molar-refractivity contribution in [1.82, 2.24) is 0 Å². The predicted octanol–water partition coefficient (Wildman–Crippen LogP) is 21.0. The van der Waals surface area contributed by atoms with Crippen molar-refractivity contribution in [2.75, 3.05) is 39.6 Å². The molecule has 0 heterocycles. The highest BCUT2D eigenvalue weighted by atomic mass is 31.2. The first kappa shape index (κ1) is 90.1. The van der Waals surface area contributed by atoms with Crippen LogP contribution in [0, 0.1) is 17.8 Å². The number of phosphoric acid groups is 2. The number of ether oxygens (including phenoxy) is 4. The minimum absolute atomic E-state index is 0.105. The van der Waals surface area contributed by atoms with Crippen LogP contribution in [-0.2, 0) is 65.4 Å². The SMILES string of the molecule is CCCCCCCCCCC(=O)OC[C@H](COP(=O)(O)OC[C@H](O)COP(=O)(O)OC[C@@H](COC(=O)CCCCCCCCCCCCCC(C)C)OC(=O)CCCCCCCCCCCCCCCCC(C)CC)OC(=O)CCCCCCCCCCC(C)CC. The van der Waals surface area contributed by atoms with Gasteiger partial charge in [-0.15, -0.1) is 0 Å². The van der Waals surface area contributed by atoms with Crippen LogP contribution in [0.2, 0.25) is 0 Å². The third-order valence-electron chi connectivity index (χ3n) is 17.6. The largest absolute Gasteiger partial charge is 0.472 e. The zero-order valence-electron chi connectivity index (χ0n) is 60.0. The van der Waals surface area contributed by atoms with Gasteiger partial charge in [0.1, 0.15) is 19.3 Å². The minimum atomic E-state index is -4.95. The molecular weight excluding hydrogens is 1210 g/mol. The van der Waals surface area contributed by atoms with Crippen LogP contribution in [-0.4, -0.2) is 96.7 Å². The topological polar surface area (TPSA) is 237 Å². The fraction of sp³-hybridized carbons (Fsp3) is 0.945. The van der Waals surface area contributed by atoms with Crippen LogP contribution in [0.5, 0.6) is 0 Å². The molecule has 92 heavy (non-hydrogen) atoms. The number of carbonyl (C=O) groups is 4. The van der Waals surface area contributed by atoms with Gasteiger partial charge in [-0.1, -0.05) is 318 Å². The molecule has 3 N–H and O–H groups in total. The summed E-state index contributed by atoms with van der Waals surface area (Å²) >= 11 is 0. The number of hydrogen-bond donors (Lipinski definition) is 3. The Morgan fingerprint density at radius 2 is 0.554 bits per heavy atom. The zero-order valence-corrected chi connectivity index (χ0v) is 61.8. The van der Waals surface area contributed by atoms with E-state index < -0.39 is 97.5 Å². The molecule has 0 amide bonds. The summed E-state index contributed by atoms with van der Waals surface area (Å²) in [5, 5.41) is 10.6. The molecule has 17 nitrogen and oxygen atoms in total. The van der Waals surface area contributed by atoms with Crippen molar-refractivity contribution < 1.29 is 80.2 Å². The van der Waals surface area contributed by atoms with Crippen LogP contribution in [0.25, 0.3) is 0 Å². The number of hydrogen-bond acceptors (Lipinski definition) is 15. The Bertz CT molecular complexity index is 1810. The third kappa shape index (κ3) is 64.1. The molecule has 0 aromatic carbocycles. The van der Waals surface area contributed by atoms with Gasteiger partial charge in [-0.3, -0.25) is 37.3 Å². The normalized spacial score (nSPS) is 14.7. The van der Waals surface area contributed by atoms with E-state index >= 15 is 0 Å². The molecule has 546 valence electrons. The molecule has 0 saturated carbocycles. The molecule has 0 fully saturated rings. The van der Waals surface area contributed by atoms with Gasteiger partial charge in [0, 0.05) is 25.7 Å². The lowest BCUT2D eigenvalue weighted by Crippen LogP contribution is -2.30. The first-order valence-electron chi connectivity index (χ1n) is 37.9. The molecular formula is C73H142O17P2. The molecule has 0 aliphatic heterocycles. The standard InChI is InChI=1S/C73H142O17P2/c1-8-11-12-13-14-33-40-47-54-70(75)83-60-68(90-73(78)57-50-43-36-29-28-32-39-46-53-66(7)10-3)62-87-91(79,80)85-58-67(74)59-86-92(81,82)88-63-69(61-84-71(76)55-48-41-34-26-23-19-20-24-30-37-44-51-64(4)5)89-72(77)56-49-42-35-27-22-18-16-15-17-21-25-31-38-45-52-65(6)9-2/h64-69,74H,8-63H2,1-7H3,(H,79,80)(H,81,82)/t65?,66?,67-,68+,69+/m0/s1. The number of esters is 4. The van der Waals surface area contributed by atoms with Gasteiger partial charge in [-0.05, 0) is 43.4 Å². The predicted molar refractivity (Wildman–Crippen MR) is 372 cm³/mol. The van der Waals surface area contributed by atoms with Crippen LogP contribution in [0.15, 0.2) is 0 Å². The van der Waals surface area contributed by atoms with Crippen molar-refractivity contribution in [3.8, 4) is 0 Å². The van der Waals surface area contributed by atoms with E-state index in [1.807, 2.05) is 0 Å². The van der Waals surface area contributed by atoms with Crippen molar-refractivity contribution in [3.05, 3.63) is 0 Å². The Labute approximate surface area is 562 Å². The van der Waals surface area contributed by atoms with Crippen LogP contribution in [0.4, 0.5) is 0 Å². The second kappa shape index (κ2) is 63.8. The molecule has 0 aliphatic rings. The van der Waals surface area contributed by atoms with E-state index in [4.69, 9.17) is 37.0 Å². The second-order valence-electron chi connectivity index (χ2n) is 27.3. The van der Waals surface area contributed by atoms with E-state index in [-0.39, 0.29) is 25.7 Å². The molecule has 0 aliphatic carbocycles. The maximum absolute atomic E-state index is 13.1. The van der Waals surface area contributed by atoms with E-state index in [2.05, 4.69) is 48.5 Å². The Morgan fingerprint density at radius 3 is 0.826 bits per heavy atom. The van der Waals surface area contributed by atoms with E-state index in [9.17, 15) is 43.2 Å². The summed E-state index contributed by atoms with van der Waals surface area (Å²) in [5.74, 6) is 0.262. The average Bonchev–Trinajstić information content (AvgIpc) is 3.59. The summed E-state index contributed by atoms with van der Waals surface area (Å²) in [5.41, 5.74) is 0. The lowest BCUT2D eigenvalue weighted by molar-refractivity contribution is -0.161. The summed E-state index contributed by atoms with van der Waals surface area (Å²) in [6.45, 7) is 11.9. The highest BCUT2D eigenvalue weighted by Crippen LogP contribution is 2.45. The van der Waals surface area contributed by atoms with E-state index in [0.717, 1.165) is 114 Å². The molecule has 0 saturated heterocycles. The number of aliphatic hydroxyl groups is 1. The molecule has 0 spiro atoms. The summed E-state index contributed by atoms with van der Waals surface area (Å²) in [7, 11) is -9.90. The van der Waals surface area contributed by atoms with Gasteiger partial charge in [-0.25, -0.2) is 9.13 Å². The molecule has 4 unspecified atom stereocenters. The molecule has 0 bridgehead atoms. The van der Waals surface area contributed by atoms with Crippen LogP contribution in [0.3, 0.4) is 0 Å². The summed E-state index contributed by atoms with van der Waals surface area (Å²) in [4.78, 5) is 72.6. The van der Waals surface area contributed by atoms with Crippen molar-refractivity contribution >= 4 is 39.5 Å². The van der Waals surface area contributed by atoms with Crippen molar-refractivity contribution in [1.29, 1.82) is 0 Å². The number of rotatable bonds is 71. The van der Waals surface area contributed by atoms with Gasteiger partial charge in [-0.2, -0.15) is 0 Å². The Hall–Kier alpha value is -1.94. The summed E-state index contributed by atoms with van der Waals surface area (Å²) in [6.07, 6.45) is 48.5. The van der Waals surface area contributed by atoms with Gasteiger partial charge in [0.15, 0.2) is 12.2 Å². The van der Waals surface area contributed by atoms with Crippen molar-refractivity contribution in [3.63, 3.8) is 0 Å². The number of phosphoric ester groups is 2. The number of aliphatic hydroxyl groups excluding tert-OH is 1. The van der Waals surface area contributed by atoms with Gasteiger partial charge in [0.2, 0.25) is 0 Å². The minimum Gasteiger partial charge on any atom is -0.462 e. The molecule has 0 rings (SSSR count). The summed E-state index contributed by atoms with van der Waals surface area (Å²) < 4.78 is 68.3. The molecule has 0 radical (unpaired) electrons. The van der Waals surface area contributed by atoms with Crippen molar-refractivity contribution in [2.45, 2.75) is 388 Å². The van der Waals surface area contributed by atoms with E-state index in [1.165, 1.54) is 173 Å². The monoisotopic (exact) mass is 1350 g/mol. The Kier molecular flexibility index (Phi) is 62.4. The smallest absolute Gasteiger partial charge is 0.462 e. The average molecular weight is 1350 g/mol. The van der Waals surface area contributed by atoms with Crippen LogP contribution >= 0.6 is 15.6 Å². The van der Waals surface area contributed by atoms with Gasteiger partial charge < -0.3 is 33.8 Å². The first-order chi connectivity index (χ1) is 44.3. The van der Waals surface area contributed by atoms with Gasteiger partial charge in [0.05, 0.1) is 26.4 Å². The second-order valence-corrected chi connectivity index (χ2v) is 30.2. The van der Waals surface area contributed by atoms with Crippen LogP contribution in [0.1, 0.15) is 370 Å². The Morgan fingerprint density at radius 1 is 0.315 bits per heavy atom. The number of carbonyl (C=O) groups excluding carboxylic acids is 4. The maximum Gasteiger partial charge on any atom is 0.472 e. The van der Waals surface area contributed by atoms with E-state index in [1.54, 1.807) is 0 Å². The molecule has 19 heteroatoms. The molecule has 0 aromatic heterocycles. The summed E-state index contributed by atoms with van der Waals surface area (Å²) in [6, 6.07) is 0. The van der Waals surface area contributed by atoms with Gasteiger partial charge in [0.25, 0.3) is 0 Å². The van der Waals surface area contributed by atoms with Crippen LogP contribution < -0.4 is 0 Å². The molecule has 7 atom stereocenters. The first-order valence-corrected chi connectivity index (χ1v) is 40.9. The Balaban J connectivity index is 5.23. The zero-order chi connectivity index (χ0) is 68.0. The van der Waals surface area contributed by atoms with Gasteiger partial charge >= 0.3 is 39.5 Å². The van der Waals surface area contributed by atoms with Crippen molar-refractivity contribution in [2.24, 2.45) is 17.8 Å². The lowest BCUT2D eigenvalue weighted by Gasteiger charge is -2.21.